The number of rotatable bonds is 1. The van der Waals surface area contributed by atoms with Gasteiger partial charge in [0.1, 0.15) is 0 Å². The summed E-state index contributed by atoms with van der Waals surface area (Å²) in [7, 11) is 0. The second-order valence-electron chi connectivity index (χ2n) is 7.21. The van der Waals surface area contributed by atoms with Crippen LogP contribution in [0.5, 0.6) is 0 Å². The molecular weight excluding hydrogens is 262 g/mol. The van der Waals surface area contributed by atoms with E-state index in [0.29, 0.717) is 25.9 Å². The molecule has 2 unspecified atom stereocenters. The van der Waals surface area contributed by atoms with Crippen molar-refractivity contribution in [2.45, 2.75) is 57.2 Å². The Morgan fingerprint density at radius 3 is 2.57 bits per heavy atom. The molecule has 1 fully saturated rings. The second-order valence-corrected chi connectivity index (χ2v) is 7.21. The molecule has 3 rings (SSSR count). The molecule has 3 heteroatoms. The van der Waals surface area contributed by atoms with Gasteiger partial charge in [-0.05, 0) is 44.2 Å². The van der Waals surface area contributed by atoms with Crippen LogP contribution in [0, 0.1) is 16.7 Å². The minimum atomic E-state index is -0.961. The van der Waals surface area contributed by atoms with Crippen LogP contribution in [0.1, 0.15) is 44.2 Å². The van der Waals surface area contributed by atoms with Gasteiger partial charge in [0.25, 0.3) is 0 Å². The van der Waals surface area contributed by atoms with Crippen molar-refractivity contribution in [3.05, 3.63) is 35.4 Å². The first-order valence-electron chi connectivity index (χ1n) is 7.74. The monoisotopic (exact) mass is 285 g/mol. The Morgan fingerprint density at radius 2 is 1.90 bits per heavy atom. The summed E-state index contributed by atoms with van der Waals surface area (Å²) in [4.78, 5) is 0. The maximum atomic E-state index is 11.3. The maximum Gasteiger partial charge on any atom is 0.0905 e. The van der Waals surface area contributed by atoms with E-state index in [1.165, 1.54) is 11.1 Å². The Morgan fingerprint density at radius 1 is 1.19 bits per heavy atom. The van der Waals surface area contributed by atoms with Crippen LogP contribution in [-0.2, 0) is 17.6 Å². The van der Waals surface area contributed by atoms with Crippen LogP contribution in [-0.4, -0.2) is 22.9 Å². The first-order chi connectivity index (χ1) is 9.90. The van der Waals surface area contributed by atoms with Crippen LogP contribution in [0.25, 0.3) is 0 Å². The van der Waals surface area contributed by atoms with Crippen molar-refractivity contribution in [2.24, 2.45) is 5.41 Å². The highest BCUT2D eigenvalue weighted by Crippen LogP contribution is 2.50. The van der Waals surface area contributed by atoms with Gasteiger partial charge in [-0.25, -0.2) is 0 Å². The number of nitriles is 1. The lowest BCUT2D eigenvalue weighted by molar-refractivity contribution is -0.184. The molecule has 1 N–H and O–H groups in total. The molecule has 21 heavy (non-hydrogen) atoms. The van der Waals surface area contributed by atoms with Crippen molar-refractivity contribution in [3.63, 3.8) is 0 Å². The highest BCUT2D eigenvalue weighted by molar-refractivity contribution is 5.35. The molecule has 1 aliphatic carbocycles. The molecular formula is C18H23NO2. The molecule has 112 valence electrons. The molecule has 2 atom stereocenters. The number of aliphatic hydroxyl groups is 1. The molecule has 0 spiro atoms. The summed E-state index contributed by atoms with van der Waals surface area (Å²) < 4.78 is 5.74. The van der Waals surface area contributed by atoms with Crippen LogP contribution in [0.15, 0.2) is 24.3 Å². The number of nitrogens with zero attached hydrogens (tertiary/aromatic N) is 1. The van der Waals surface area contributed by atoms with Gasteiger partial charge in [-0.2, -0.15) is 5.26 Å². The normalized spacial score (nSPS) is 34.8. The summed E-state index contributed by atoms with van der Waals surface area (Å²) in [6, 6.07) is 10.8. The zero-order chi connectivity index (χ0) is 15.1. The number of hydrogen-bond acceptors (Lipinski definition) is 3. The van der Waals surface area contributed by atoms with Crippen LogP contribution in [0.3, 0.4) is 0 Å². The molecule has 0 bridgehead atoms. The lowest BCUT2D eigenvalue weighted by Gasteiger charge is -2.51. The smallest absolute Gasteiger partial charge is 0.0905 e. The topological polar surface area (TPSA) is 53.2 Å². The lowest BCUT2D eigenvalue weighted by atomic mass is 9.58. The Kier molecular flexibility index (Phi) is 3.35. The third-order valence-corrected chi connectivity index (χ3v) is 5.26. The van der Waals surface area contributed by atoms with E-state index in [9.17, 15) is 10.4 Å². The molecule has 1 aliphatic heterocycles. The van der Waals surface area contributed by atoms with Gasteiger partial charge >= 0.3 is 0 Å². The minimum absolute atomic E-state index is 0.367. The molecule has 0 amide bonds. The molecule has 1 heterocycles. The predicted octanol–water partition coefficient (Wildman–Crippen LogP) is 3.01. The van der Waals surface area contributed by atoms with E-state index in [2.05, 4.69) is 18.2 Å². The summed E-state index contributed by atoms with van der Waals surface area (Å²) in [5, 5.41) is 21.2. The van der Waals surface area contributed by atoms with Crippen LogP contribution >= 0.6 is 0 Å². The zero-order valence-corrected chi connectivity index (χ0v) is 12.9. The predicted molar refractivity (Wildman–Crippen MR) is 80.7 cm³/mol. The van der Waals surface area contributed by atoms with E-state index >= 15 is 0 Å². The van der Waals surface area contributed by atoms with Gasteiger partial charge in [-0.1, -0.05) is 24.3 Å². The average molecular weight is 285 g/mol. The van der Waals surface area contributed by atoms with Crippen molar-refractivity contribution in [1.82, 2.24) is 0 Å². The Bertz CT molecular complexity index is 589. The standard InChI is InChI=1S/C18H23NO2/c1-16(2)12-18(20,9-10-21-16)17(13-19)8-7-14-5-3-4-6-15(14)11-17/h3-6,20H,7-12H2,1-2H3. The zero-order valence-electron chi connectivity index (χ0n) is 12.9. The maximum absolute atomic E-state index is 11.3. The Labute approximate surface area is 126 Å². The fraction of sp³-hybridized carbons (Fsp3) is 0.611. The van der Waals surface area contributed by atoms with Crippen molar-refractivity contribution in [1.29, 1.82) is 5.26 Å². The molecule has 1 saturated heterocycles. The van der Waals surface area contributed by atoms with E-state index in [4.69, 9.17) is 4.74 Å². The molecule has 2 aliphatic rings. The van der Waals surface area contributed by atoms with Crippen LogP contribution in [0.2, 0.25) is 0 Å². The number of fused-ring (bicyclic) bond motifs is 1. The Balaban J connectivity index is 1.97. The summed E-state index contributed by atoms with van der Waals surface area (Å²) in [6.07, 6.45) is 3.31. The van der Waals surface area contributed by atoms with Gasteiger partial charge in [-0.3, -0.25) is 0 Å². The SMILES string of the molecule is CC1(C)CC(O)(C2(C#N)CCc3ccccc3C2)CCO1. The van der Waals surface area contributed by atoms with E-state index < -0.39 is 11.0 Å². The van der Waals surface area contributed by atoms with Crippen molar-refractivity contribution in [2.75, 3.05) is 6.61 Å². The number of benzene rings is 1. The highest BCUT2D eigenvalue weighted by atomic mass is 16.5. The van der Waals surface area contributed by atoms with Gasteiger partial charge in [-0.15, -0.1) is 0 Å². The number of aryl methyl sites for hydroxylation is 1. The first kappa shape index (κ1) is 14.6. The van der Waals surface area contributed by atoms with Gasteiger partial charge in [0.05, 0.1) is 29.3 Å². The fourth-order valence-corrected chi connectivity index (χ4v) is 4.08. The molecule has 1 aromatic rings. The summed E-state index contributed by atoms with van der Waals surface area (Å²) in [5.74, 6) is 0. The van der Waals surface area contributed by atoms with E-state index in [0.717, 1.165) is 12.8 Å². The second kappa shape index (κ2) is 4.83. The molecule has 3 nitrogen and oxygen atoms in total. The van der Waals surface area contributed by atoms with E-state index in [1.54, 1.807) is 0 Å². The minimum Gasteiger partial charge on any atom is -0.388 e. The molecule has 1 aromatic carbocycles. The first-order valence-corrected chi connectivity index (χ1v) is 7.74. The third-order valence-electron chi connectivity index (χ3n) is 5.26. The van der Waals surface area contributed by atoms with Gasteiger partial charge in [0.2, 0.25) is 0 Å². The number of ether oxygens (including phenoxy) is 1. The summed E-state index contributed by atoms with van der Waals surface area (Å²) in [6.45, 7) is 4.52. The fourth-order valence-electron chi connectivity index (χ4n) is 4.08. The Hall–Kier alpha value is -1.37. The van der Waals surface area contributed by atoms with E-state index in [1.807, 2.05) is 26.0 Å². The number of hydrogen-bond donors (Lipinski definition) is 1. The summed E-state index contributed by atoms with van der Waals surface area (Å²) >= 11 is 0. The van der Waals surface area contributed by atoms with Crippen LogP contribution in [0.4, 0.5) is 0 Å². The van der Waals surface area contributed by atoms with Crippen molar-refractivity contribution < 1.29 is 9.84 Å². The molecule has 0 saturated carbocycles. The highest BCUT2D eigenvalue weighted by Gasteiger charge is 2.55. The van der Waals surface area contributed by atoms with Gasteiger partial charge < -0.3 is 9.84 Å². The van der Waals surface area contributed by atoms with Crippen molar-refractivity contribution in [3.8, 4) is 6.07 Å². The average Bonchev–Trinajstić information content (AvgIpc) is 2.45. The van der Waals surface area contributed by atoms with Gasteiger partial charge in [0, 0.05) is 12.8 Å². The summed E-state index contributed by atoms with van der Waals surface area (Å²) in [5.41, 5.74) is 0.508. The van der Waals surface area contributed by atoms with Crippen LogP contribution < -0.4 is 0 Å². The van der Waals surface area contributed by atoms with E-state index in [-0.39, 0.29) is 5.60 Å². The third kappa shape index (κ3) is 2.37. The van der Waals surface area contributed by atoms with Crippen molar-refractivity contribution >= 4 is 0 Å². The quantitative estimate of drug-likeness (QED) is 0.863. The largest absolute Gasteiger partial charge is 0.388 e. The van der Waals surface area contributed by atoms with Gasteiger partial charge in [0.15, 0.2) is 0 Å². The lowest BCUT2D eigenvalue weighted by Crippen LogP contribution is -2.57. The molecule has 0 aromatic heterocycles. The molecule has 0 radical (unpaired) electrons.